The Balaban J connectivity index is 3.21. The van der Waals surface area contributed by atoms with Gasteiger partial charge < -0.3 is 10.5 Å². The first-order chi connectivity index (χ1) is 5.16. The number of hydrogen-bond donors (Lipinski definition) is 1. The van der Waals surface area contributed by atoms with Gasteiger partial charge >= 0.3 is 11.8 Å². The van der Waals surface area contributed by atoms with Crippen molar-refractivity contribution in [3.8, 4) is 0 Å². The van der Waals surface area contributed by atoms with Gasteiger partial charge in [-0.3, -0.25) is 4.52 Å². The molecule has 0 aliphatic carbocycles. The predicted molar refractivity (Wildman–Crippen MR) is 33.0 cm³/mol. The number of nitrogen functional groups attached to an aromatic ring is 1. The number of nitrogens with zero attached hydrogens (tertiary/aromatic N) is 2. The SMILES string of the molecule is COC(=O)n1c(N)noc1=O. The molecule has 1 aromatic heterocycles. The standard InChI is InChI=1S/C4H5N3O4/c1-10-3(8)7-2(5)6-11-4(7)9/h1H3,(H2,5,6). The molecular weight excluding hydrogens is 154 g/mol. The summed E-state index contributed by atoms with van der Waals surface area (Å²) in [5.41, 5.74) is 5.08. The van der Waals surface area contributed by atoms with Crippen LogP contribution < -0.4 is 11.5 Å². The third-order valence-electron chi connectivity index (χ3n) is 0.986. The molecule has 0 spiro atoms. The summed E-state index contributed by atoms with van der Waals surface area (Å²) in [5.74, 6) is -1.30. The molecule has 1 rings (SSSR count). The Kier molecular flexibility index (Phi) is 1.63. The van der Waals surface area contributed by atoms with Crippen LogP contribution in [0.1, 0.15) is 0 Å². The molecule has 0 atom stereocenters. The van der Waals surface area contributed by atoms with Gasteiger partial charge in [-0.15, -0.1) is 4.57 Å². The monoisotopic (exact) mass is 159 g/mol. The molecule has 1 aromatic rings. The molecule has 60 valence electrons. The quantitative estimate of drug-likeness (QED) is 0.522. The summed E-state index contributed by atoms with van der Waals surface area (Å²) < 4.78 is 8.72. The first-order valence-corrected chi connectivity index (χ1v) is 2.59. The maximum Gasteiger partial charge on any atom is 0.452 e. The summed E-state index contributed by atoms with van der Waals surface area (Å²) in [6.07, 6.45) is -0.922. The highest BCUT2D eigenvalue weighted by molar-refractivity contribution is 5.72. The average Bonchev–Trinajstić information content (AvgIpc) is 2.30. The number of carbonyl (C=O) groups excluding carboxylic acids is 1. The van der Waals surface area contributed by atoms with Crippen LogP contribution in [0, 0.1) is 0 Å². The second-order valence-electron chi connectivity index (χ2n) is 1.61. The van der Waals surface area contributed by atoms with Crippen molar-refractivity contribution in [3.63, 3.8) is 0 Å². The minimum atomic E-state index is -0.964. The van der Waals surface area contributed by atoms with E-state index in [1.165, 1.54) is 0 Å². The van der Waals surface area contributed by atoms with Gasteiger partial charge in [-0.25, -0.2) is 9.59 Å². The number of hydrogen-bond acceptors (Lipinski definition) is 6. The van der Waals surface area contributed by atoms with Crippen molar-refractivity contribution in [2.45, 2.75) is 0 Å². The molecule has 0 aliphatic heterocycles. The zero-order chi connectivity index (χ0) is 8.43. The molecule has 0 aliphatic rings. The summed E-state index contributed by atoms with van der Waals surface area (Å²) in [4.78, 5) is 21.3. The first kappa shape index (κ1) is 7.32. The van der Waals surface area contributed by atoms with Crippen molar-refractivity contribution >= 4 is 12.0 Å². The second kappa shape index (κ2) is 2.45. The lowest BCUT2D eigenvalue weighted by molar-refractivity contribution is 0.171. The molecule has 0 radical (unpaired) electrons. The highest BCUT2D eigenvalue weighted by Gasteiger charge is 2.14. The Bertz CT molecular complexity index is 324. The van der Waals surface area contributed by atoms with Gasteiger partial charge in [0.15, 0.2) is 0 Å². The third kappa shape index (κ3) is 1.07. The maximum absolute atomic E-state index is 10.7. The van der Waals surface area contributed by atoms with E-state index >= 15 is 0 Å². The van der Waals surface area contributed by atoms with Gasteiger partial charge in [0.05, 0.1) is 7.11 Å². The number of nitrogens with two attached hydrogens (primary N) is 1. The molecule has 0 amide bonds. The van der Waals surface area contributed by atoms with Gasteiger partial charge in [-0.1, -0.05) is 0 Å². The van der Waals surface area contributed by atoms with Gasteiger partial charge in [0.25, 0.3) is 5.95 Å². The van der Waals surface area contributed by atoms with Crippen LogP contribution >= 0.6 is 0 Å². The number of anilines is 1. The van der Waals surface area contributed by atoms with Gasteiger partial charge in [0, 0.05) is 0 Å². The van der Waals surface area contributed by atoms with Crippen LogP contribution in [-0.4, -0.2) is 22.9 Å². The minimum absolute atomic E-state index is 0.332. The Morgan fingerprint density at radius 2 is 2.45 bits per heavy atom. The van der Waals surface area contributed by atoms with Crippen molar-refractivity contribution in [1.29, 1.82) is 0 Å². The van der Waals surface area contributed by atoms with E-state index in [1.807, 2.05) is 0 Å². The molecule has 0 bridgehead atoms. The highest BCUT2D eigenvalue weighted by atomic mass is 16.6. The molecule has 2 N–H and O–H groups in total. The normalized spacial score (nSPS) is 9.55. The fraction of sp³-hybridized carbons (Fsp3) is 0.250. The molecule has 7 heteroatoms. The Hall–Kier alpha value is -1.79. The number of rotatable bonds is 0. The molecular formula is C4H5N3O4. The average molecular weight is 159 g/mol. The molecule has 0 fully saturated rings. The molecule has 0 saturated heterocycles. The van der Waals surface area contributed by atoms with Crippen molar-refractivity contribution in [1.82, 2.24) is 9.72 Å². The fourth-order valence-electron chi connectivity index (χ4n) is 0.520. The lowest BCUT2D eigenvalue weighted by Crippen LogP contribution is -2.24. The molecule has 7 nitrogen and oxygen atoms in total. The van der Waals surface area contributed by atoms with E-state index in [-0.39, 0.29) is 5.95 Å². The third-order valence-corrected chi connectivity index (χ3v) is 0.986. The zero-order valence-corrected chi connectivity index (χ0v) is 5.60. The zero-order valence-electron chi connectivity index (χ0n) is 5.60. The van der Waals surface area contributed by atoms with Crippen LogP contribution in [0.4, 0.5) is 10.7 Å². The van der Waals surface area contributed by atoms with Crippen molar-refractivity contribution in [3.05, 3.63) is 10.6 Å². The molecule has 0 aromatic carbocycles. The van der Waals surface area contributed by atoms with Gasteiger partial charge in [0.1, 0.15) is 0 Å². The maximum atomic E-state index is 10.7. The first-order valence-electron chi connectivity index (χ1n) is 2.59. The Morgan fingerprint density at radius 3 is 2.82 bits per heavy atom. The highest BCUT2D eigenvalue weighted by Crippen LogP contribution is 1.92. The Labute approximate surface area is 60.3 Å². The summed E-state index contributed by atoms with van der Waals surface area (Å²) in [6.45, 7) is 0. The second-order valence-corrected chi connectivity index (χ2v) is 1.61. The van der Waals surface area contributed by atoms with E-state index in [2.05, 4.69) is 14.4 Å². The lowest BCUT2D eigenvalue weighted by Gasteiger charge is -1.94. The topological polar surface area (TPSA) is 100 Å². The van der Waals surface area contributed by atoms with Crippen LogP contribution in [0.15, 0.2) is 9.32 Å². The van der Waals surface area contributed by atoms with Crippen LogP contribution in [0.2, 0.25) is 0 Å². The van der Waals surface area contributed by atoms with Gasteiger partial charge in [0.2, 0.25) is 0 Å². The van der Waals surface area contributed by atoms with Crippen LogP contribution in [-0.2, 0) is 4.74 Å². The van der Waals surface area contributed by atoms with E-state index < -0.39 is 11.8 Å². The van der Waals surface area contributed by atoms with E-state index in [0.717, 1.165) is 7.11 Å². The minimum Gasteiger partial charge on any atom is -0.452 e. The number of aromatic nitrogens is 2. The predicted octanol–water partition coefficient (Wildman–Crippen LogP) is -0.967. The molecule has 1 heterocycles. The van der Waals surface area contributed by atoms with E-state index in [4.69, 9.17) is 5.73 Å². The van der Waals surface area contributed by atoms with E-state index in [1.54, 1.807) is 0 Å². The molecule has 0 unspecified atom stereocenters. The van der Waals surface area contributed by atoms with Crippen molar-refractivity contribution in [2.24, 2.45) is 0 Å². The smallest absolute Gasteiger partial charge is 0.452 e. The van der Waals surface area contributed by atoms with Crippen molar-refractivity contribution < 1.29 is 14.1 Å². The summed E-state index contributed by atoms with van der Waals surface area (Å²) in [5, 5.41) is 3.04. The Morgan fingerprint density at radius 1 is 1.82 bits per heavy atom. The summed E-state index contributed by atoms with van der Waals surface area (Å²) in [6, 6.07) is 0. The van der Waals surface area contributed by atoms with Crippen LogP contribution in [0.5, 0.6) is 0 Å². The van der Waals surface area contributed by atoms with Gasteiger partial charge in [-0.05, 0) is 5.16 Å². The molecule has 0 saturated carbocycles. The van der Waals surface area contributed by atoms with E-state index in [9.17, 15) is 9.59 Å². The lowest BCUT2D eigenvalue weighted by atomic mass is 10.9. The van der Waals surface area contributed by atoms with Gasteiger partial charge in [-0.2, -0.15) is 0 Å². The largest absolute Gasteiger partial charge is 0.452 e. The van der Waals surface area contributed by atoms with E-state index in [0.29, 0.717) is 4.57 Å². The number of methoxy groups -OCH3 is 1. The van der Waals surface area contributed by atoms with Crippen LogP contribution in [0.3, 0.4) is 0 Å². The number of carbonyl (C=O) groups is 1. The molecule has 11 heavy (non-hydrogen) atoms. The summed E-state index contributed by atoms with van der Waals surface area (Å²) in [7, 11) is 1.11. The number of ether oxygens (including phenoxy) is 1. The van der Waals surface area contributed by atoms with Crippen molar-refractivity contribution in [2.75, 3.05) is 12.8 Å². The van der Waals surface area contributed by atoms with Crippen LogP contribution in [0.25, 0.3) is 0 Å². The summed E-state index contributed by atoms with van der Waals surface area (Å²) >= 11 is 0. The fourth-order valence-corrected chi connectivity index (χ4v) is 0.520.